The fourth-order valence-electron chi connectivity index (χ4n) is 8.88. The zero-order valence-electron chi connectivity index (χ0n) is 20.3. The van der Waals surface area contributed by atoms with Gasteiger partial charge < -0.3 is 5.11 Å². The van der Waals surface area contributed by atoms with E-state index >= 15 is 0 Å². The van der Waals surface area contributed by atoms with E-state index in [1.54, 1.807) is 23.1 Å². The van der Waals surface area contributed by atoms with E-state index in [1.807, 2.05) is 6.20 Å². The lowest BCUT2D eigenvalue weighted by Gasteiger charge is -2.61. The van der Waals surface area contributed by atoms with Crippen LogP contribution in [-0.2, 0) is 0 Å². The van der Waals surface area contributed by atoms with Crippen molar-refractivity contribution in [1.29, 1.82) is 0 Å². The molecule has 2 aromatic rings. The predicted molar refractivity (Wildman–Crippen MR) is 140 cm³/mol. The number of aliphatic hydroxyl groups is 1. The van der Waals surface area contributed by atoms with Crippen LogP contribution in [0.5, 0.6) is 0 Å². The first-order valence-electron chi connectivity index (χ1n) is 13.3. The van der Waals surface area contributed by atoms with Gasteiger partial charge in [-0.25, -0.2) is 4.98 Å². The average molecular weight is 482 g/mol. The summed E-state index contributed by atoms with van der Waals surface area (Å²) in [7, 11) is 0. The Kier molecular flexibility index (Phi) is 5.74. The summed E-state index contributed by atoms with van der Waals surface area (Å²) in [5, 5.41) is 12.1. The van der Waals surface area contributed by atoms with E-state index in [2.05, 4.69) is 44.2 Å². The summed E-state index contributed by atoms with van der Waals surface area (Å²) < 4.78 is 1.10. The third-order valence-electron chi connectivity index (χ3n) is 10.9. The lowest BCUT2D eigenvalue weighted by atomic mass is 9.44. The molecule has 178 valence electrons. The molecule has 4 saturated carbocycles. The molecule has 0 saturated heterocycles. The van der Waals surface area contributed by atoms with Crippen molar-refractivity contribution in [3.05, 3.63) is 36.5 Å². The second-order valence-electron chi connectivity index (χ2n) is 12.1. The first-order valence-corrected chi connectivity index (χ1v) is 15.1. The van der Waals surface area contributed by atoms with Crippen LogP contribution >= 0.6 is 23.1 Å². The monoisotopic (exact) mass is 481 g/mol. The summed E-state index contributed by atoms with van der Waals surface area (Å²) in [5.41, 5.74) is 1.32. The van der Waals surface area contributed by atoms with Gasteiger partial charge in [-0.3, -0.25) is 0 Å². The SMILES string of the molecule is C[C@]12CCCC[C@@H]1CC[C@@H]1[C@H]3CC[C@@](O)(CSc4ncc(-c5ccccc5)s4)[C@@]3(C)CC[C@@H]12. The average Bonchev–Trinajstić information content (AvgIpc) is 3.41. The fourth-order valence-corrected chi connectivity index (χ4v) is 11.2. The Morgan fingerprint density at radius 1 is 0.970 bits per heavy atom. The van der Waals surface area contributed by atoms with Crippen LogP contribution in [0.3, 0.4) is 0 Å². The lowest BCUT2D eigenvalue weighted by molar-refractivity contribution is -0.143. The Morgan fingerprint density at radius 3 is 2.64 bits per heavy atom. The molecular weight excluding hydrogens is 442 g/mol. The van der Waals surface area contributed by atoms with Crippen molar-refractivity contribution in [2.45, 2.75) is 88.0 Å². The third-order valence-corrected chi connectivity index (χ3v) is 13.3. The number of rotatable bonds is 4. The van der Waals surface area contributed by atoms with E-state index in [1.165, 1.54) is 68.2 Å². The maximum atomic E-state index is 12.1. The topological polar surface area (TPSA) is 33.1 Å². The Labute approximate surface area is 208 Å². The highest BCUT2D eigenvalue weighted by Gasteiger charge is 2.64. The summed E-state index contributed by atoms with van der Waals surface area (Å²) in [6.45, 7) is 5.11. The van der Waals surface area contributed by atoms with Crippen molar-refractivity contribution in [1.82, 2.24) is 4.98 Å². The molecule has 0 unspecified atom stereocenters. The number of thiazole rings is 1. The highest BCUT2D eigenvalue weighted by molar-refractivity contribution is 8.01. The van der Waals surface area contributed by atoms with Crippen LogP contribution < -0.4 is 0 Å². The van der Waals surface area contributed by atoms with Crippen LogP contribution in [0, 0.1) is 34.5 Å². The number of nitrogens with zero attached hydrogens (tertiary/aromatic N) is 1. The van der Waals surface area contributed by atoms with Crippen LogP contribution in [0.15, 0.2) is 40.9 Å². The molecule has 1 aromatic carbocycles. The number of aromatic nitrogens is 1. The van der Waals surface area contributed by atoms with E-state index in [0.717, 1.165) is 34.3 Å². The van der Waals surface area contributed by atoms with Gasteiger partial charge in [0.25, 0.3) is 0 Å². The summed E-state index contributed by atoms with van der Waals surface area (Å²) in [4.78, 5) is 5.92. The number of hydrogen-bond acceptors (Lipinski definition) is 4. The highest BCUT2D eigenvalue weighted by atomic mass is 32.2. The maximum Gasteiger partial charge on any atom is 0.150 e. The number of hydrogen-bond donors (Lipinski definition) is 1. The maximum absolute atomic E-state index is 12.1. The normalized spacial score (nSPS) is 42.4. The number of thioether (sulfide) groups is 1. The minimum absolute atomic E-state index is 0.0680. The molecule has 0 bridgehead atoms. The van der Waals surface area contributed by atoms with E-state index in [4.69, 9.17) is 4.98 Å². The number of benzene rings is 1. The molecular formula is C29H39NOS2. The zero-order valence-corrected chi connectivity index (χ0v) is 21.9. The smallest absolute Gasteiger partial charge is 0.150 e. The predicted octanol–water partition coefficient (Wildman–Crippen LogP) is 8.07. The standard InChI is InChI=1S/C29H39NOS2/c1-27-15-7-6-10-21(27)11-12-22-23(27)13-16-28(2)24(22)14-17-29(28,31)19-32-26-30-18-25(33-26)20-8-4-3-5-9-20/h3-5,8-9,18,21-24,31H,6-7,10-17,19H2,1-2H3/t21-,22+,23+,24-,27+,28+,29-/m1/s1. The van der Waals surface area contributed by atoms with Gasteiger partial charge in [-0.1, -0.05) is 68.8 Å². The molecule has 0 radical (unpaired) electrons. The van der Waals surface area contributed by atoms with E-state index in [0.29, 0.717) is 11.3 Å². The summed E-state index contributed by atoms with van der Waals surface area (Å²) >= 11 is 3.56. The molecule has 6 rings (SSSR count). The summed E-state index contributed by atoms with van der Waals surface area (Å²) in [6, 6.07) is 10.5. The number of fused-ring (bicyclic) bond motifs is 5. The molecule has 1 aromatic heterocycles. The highest BCUT2D eigenvalue weighted by Crippen LogP contribution is 2.68. The largest absolute Gasteiger partial charge is 0.388 e. The molecule has 33 heavy (non-hydrogen) atoms. The molecule has 4 heteroatoms. The first-order chi connectivity index (χ1) is 15.9. The molecule has 0 aliphatic heterocycles. The quantitative estimate of drug-likeness (QED) is 0.448. The second-order valence-corrected chi connectivity index (χ2v) is 14.3. The van der Waals surface area contributed by atoms with Crippen LogP contribution in [0.25, 0.3) is 10.4 Å². The van der Waals surface area contributed by atoms with Gasteiger partial charge in [0.2, 0.25) is 0 Å². The van der Waals surface area contributed by atoms with Crippen LogP contribution in [0.2, 0.25) is 0 Å². The first kappa shape index (κ1) is 22.6. The molecule has 4 fully saturated rings. The Bertz CT molecular complexity index is 991. The third kappa shape index (κ3) is 3.57. The van der Waals surface area contributed by atoms with Gasteiger partial charge in [0.15, 0.2) is 0 Å². The molecule has 4 aliphatic rings. The Morgan fingerprint density at radius 2 is 1.79 bits per heavy atom. The molecule has 1 N–H and O–H groups in total. The van der Waals surface area contributed by atoms with E-state index in [9.17, 15) is 5.11 Å². The summed E-state index contributed by atoms with van der Waals surface area (Å²) in [5.74, 6) is 4.21. The van der Waals surface area contributed by atoms with E-state index < -0.39 is 5.60 Å². The lowest BCUT2D eigenvalue weighted by Crippen LogP contribution is -2.56. The zero-order chi connectivity index (χ0) is 22.7. The van der Waals surface area contributed by atoms with Gasteiger partial charge in [0, 0.05) is 17.4 Å². The van der Waals surface area contributed by atoms with Crippen molar-refractivity contribution < 1.29 is 5.11 Å². The van der Waals surface area contributed by atoms with E-state index in [-0.39, 0.29) is 5.41 Å². The van der Waals surface area contributed by atoms with Gasteiger partial charge in [-0.05, 0) is 86.0 Å². The van der Waals surface area contributed by atoms with Gasteiger partial charge in [-0.15, -0.1) is 11.3 Å². The second kappa shape index (κ2) is 8.38. The van der Waals surface area contributed by atoms with Crippen LogP contribution in [-0.4, -0.2) is 21.4 Å². The molecule has 1 heterocycles. The van der Waals surface area contributed by atoms with Crippen molar-refractivity contribution in [3.63, 3.8) is 0 Å². The minimum Gasteiger partial charge on any atom is -0.388 e. The van der Waals surface area contributed by atoms with Crippen molar-refractivity contribution in [2.24, 2.45) is 34.5 Å². The molecule has 0 spiro atoms. The van der Waals surface area contributed by atoms with Crippen molar-refractivity contribution >= 4 is 23.1 Å². The molecule has 7 atom stereocenters. The Balaban J connectivity index is 1.18. The summed E-state index contributed by atoms with van der Waals surface area (Å²) in [6.07, 6.45) is 15.4. The minimum atomic E-state index is -0.559. The van der Waals surface area contributed by atoms with Gasteiger partial charge in [0.05, 0.1) is 10.5 Å². The van der Waals surface area contributed by atoms with Gasteiger partial charge >= 0.3 is 0 Å². The Hall–Kier alpha value is -0.840. The van der Waals surface area contributed by atoms with Gasteiger partial charge in [-0.2, -0.15) is 0 Å². The van der Waals surface area contributed by atoms with Crippen molar-refractivity contribution in [2.75, 3.05) is 5.75 Å². The molecule has 0 amide bonds. The van der Waals surface area contributed by atoms with Crippen molar-refractivity contribution in [3.8, 4) is 10.4 Å². The molecule has 4 aliphatic carbocycles. The van der Waals surface area contributed by atoms with Gasteiger partial charge in [0.1, 0.15) is 4.34 Å². The fraction of sp³-hybridized carbons (Fsp3) is 0.690. The van der Waals surface area contributed by atoms with Crippen LogP contribution in [0.1, 0.15) is 78.1 Å². The molecule has 2 nitrogen and oxygen atoms in total. The van der Waals surface area contributed by atoms with Crippen LogP contribution in [0.4, 0.5) is 0 Å².